The van der Waals surface area contributed by atoms with E-state index in [9.17, 15) is 8.42 Å². The summed E-state index contributed by atoms with van der Waals surface area (Å²) in [5, 5.41) is 0.463. The molecule has 0 bridgehead atoms. The van der Waals surface area contributed by atoms with Gasteiger partial charge >= 0.3 is 0 Å². The normalized spacial score (nSPS) is 16.5. The predicted octanol–water partition coefficient (Wildman–Crippen LogP) is 3.21. The van der Waals surface area contributed by atoms with Crippen molar-refractivity contribution in [2.75, 3.05) is 6.54 Å². The average molecular weight is 367 g/mol. The number of nitrogens with zero attached hydrogens (tertiary/aromatic N) is 1. The summed E-state index contributed by atoms with van der Waals surface area (Å²) >= 11 is 16.8. The molecule has 0 aliphatic heterocycles. The number of hydrogen-bond donors (Lipinski definition) is 1. The molecule has 4 nitrogen and oxygen atoms in total. The van der Waals surface area contributed by atoms with E-state index < -0.39 is 10.0 Å². The Labute approximate surface area is 140 Å². The Kier molecular flexibility index (Phi) is 5.48. The third kappa shape index (κ3) is 3.87. The lowest BCUT2D eigenvalue weighted by Crippen LogP contribution is -2.43. The van der Waals surface area contributed by atoms with E-state index in [1.54, 1.807) is 6.07 Å². The van der Waals surface area contributed by atoms with Crippen LogP contribution in [0.25, 0.3) is 0 Å². The molecule has 0 amide bonds. The highest BCUT2D eigenvalue weighted by molar-refractivity contribution is 7.89. The molecule has 1 aromatic rings. The molecule has 1 aliphatic carbocycles. The second-order valence-corrected chi connectivity index (χ2v) is 8.26. The van der Waals surface area contributed by atoms with E-state index in [4.69, 9.17) is 41.2 Å². The van der Waals surface area contributed by atoms with Crippen molar-refractivity contribution >= 4 is 50.4 Å². The fraction of sp³-hybridized carbons (Fsp3) is 0.462. The van der Waals surface area contributed by atoms with Gasteiger partial charge < -0.3 is 5.73 Å². The van der Waals surface area contributed by atoms with Crippen LogP contribution in [0.5, 0.6) is 0 Å². The fourth-order valence-corrected chi connectivity index (χ4v) is 5.18. The Balaban J connectivity index is 2.45. The van der Waals surface area contributed by atoms with Gasteiger partial charge in [0.05, 0.1) is 16.6 Å². The molecule has 21 heavy (non-hydrogen) atoms. The lowest BCUT2D eigenvalue weighted by Gasteiger charge is -2.28. The molecule has 8 heteroatoms. The number of halogens is 2. The monoisotopic (exact) mass is 366 g/mol. The topological polar surface area (TPSA) is 63.4 Å². The number of nitrogens with two attached hydrogens (primary N) is 1. The van der Waals surface area contributed by atoms with E-state index >= 15 is 0 Å². The molecule has 2 N–H and O–H groups in total. The molecule has 116 valence electrons. The first kappa shape index (κ1) is 17.0. The largest absolute Gasteiger partial charge is 0.392 e. The summed E-state index contributed by atoms with van der Waals surface area (Å²) in [6.45, 7) is 0.0190. The summed E-state index contributed by atoms with van der Waals surface area (Å²) < 4.78 is 27.2. The van der Waals surface area contributed by atoms with Gasteiger partial charge in [0, 0.05) is 11.1 Å². The Morgan fingerprint density at radius 3 is 2.52 bits per heavy atom. The zero-order valence-corrected chi connectivity index (χ0v) is 14.4. The minimum atomic E-state index is -3.78. The van der Waals surface area contributed by atoms with Gasteiger partial charge in [-0.25, -0.2) is 8.42 Å². The molecule has 1 aromatic carbocycles. The molecule has 1 saturated carbocycles. The molecule has 0 spiro atoms. The third-order valence-electron chi connectivity index (χ3n) is 3.52. The summed E-state index contributed by atoms with van der Waals surface area (Å²) in [7, 11) is -3.78. The fourth-order valence-electron chi connectivity index (χ4n) is 2.56. The molecule has 0 unspecified atom stereocenters. The van der Waals surface area contributed by atoms with Crippen LogP contribution in [0.15, 0.2) is 23.1 Å². The van der Waals surface area contributed by atoms with Crippen LogP contribution in [-0.2, 0) is 10.0 Å². The quantitative estimate of drug-likeness (QED) is 0.812. The molecule has 0 aromatic heterocycles. The number of benzene rings is 1. The summed E-state index contributed by atoms with van der Waals surface area (Å²) in [6.07, 6.45) is 3.61. The van der Waals surface area contributed by atoms with Gasteiger partial charge in [0.1, 0.15) is 4.90 Å². The van der Waals surface area contributed by atoms with Crippen LogP contribution >= 0.6 is 35.4 Å². The first-order valence-electron chi connectivity index (χ1n) is 6.57. The lowest BCUT2D eigenvalue weighted by atomic mass is 10.2. The van der Waals surface area contributed by atoms with Crippen molar-refractivity contribution < 1.29 is 8.42 Å². The number of sulfonamides is 1. The van der Waals surface area contributed by atoms with Gasteiger partial charge in [-0.1, -0.05) is 48.3 Å². The van der Waals surface area contributed by atoms with Crippen LogP contribution < -0.4 is 5.73 Å². The Morgan fingerprint density at radius 1 is 1.33 bits per heavy atom. The van der Waals surface area contributed by atoms with E-state index in [-0.39, 0.29) is 27.5 Å². The lowest BCUT2D eigenvalue weighted by molar-refractivity contribution is 0.355. The molecule has 0 heterocycles. The van der Waals surface area contributed by atoms with Crippen LogP contribution in [-0.4, -0.2) is 30.3 Å². The van der Waals surface area contributed by atoms with Crippen molar-refractivity contribution in [3.05, 3.63) is 28.2 Å². The van der Waals surface area contributed by atoms with E-state index in [0.717, 1.165) is 25.7 Å². The van der Waals surface area contributed by atoms with Crippen molar-refractivity contribution in [1.82, 2.24) is 4.31 Å². The molecule has 0 radical (unpaired) electrons. The highest BCUT2D eigenvalue weighted by atomic mass is 35.5. The SMILES string of the molecule is NC(=S)CN(C1CCCC1)S(=O)(=O)c1cc(Cl)ccc1Cl. The molecule has 2 rings (SSSR count). The van der Waals surface area contributed by atoms with E-state index in [0.29, 0.717) is 5.02 Å². The van der Waals surface area contributed by atoms with Crippen LogP contribution in [0.2, 0.25) is 10.0 Å². The maximum atomic E-state index is 12.9. The highest BCUT2D eigenvalue weighted by Crippen LogP contribution is 2.32. The van der Waals surface area contributed by atoms with Gasteiger partial charge in [-0.3, -0.25) is 0 Å². The zero-order valence-electron chi connectivity index (χ0n) is 11.3. The van der Waals surface area contributed by atoms with Crippen LogP contribution in [0.3, 0.4) is 0 Å². The predicted molar refractivity (Wildman–Crippen MR) is 89.4 cm³/mol. The number of hydrogen-bond acceptors (Lipinski definition) is 3. The Morgan fingerprint density at radius 2 is 1.95 bits per heavy atom. The smallest absolute Gasteiger partial charge is 0.245 e. The van der Waals surface area contributed by atoms with E-state index in [1.165, 1.54) is 16.4 Å². The maximum absolute atomic E-state index is 12.9. The molecular weight excluding hydrogens is 351 g/mol. The first-order chi connectivity index (χ1) is 9.82. The van der Waals surface area contributed by atoms with Crippen LogP contribution in [0.4, 0.5) is 0 Å². The van der Waals surface area contributed by atoms with E-state index in [2.05, 4.69) is 0 Å². The Hall–Kier alpha value is -0.400. The molecular formula is C13H16Cl2N2O2S2. The molecule has 1 aliphatic rings. The minimum Gasteiger partial charge on any atom is -0.392 e. The summed E-state index contributed by atoms with van der Waals surface area (Å²) in [5.41, 5.74) is 5.57. The average Bonchev–Trinajstić information content (AvgIpc) is 2.92. The van der Waals surface area contributed by atoms with Crippen molar-refractivity contribution in [3.8, 4) is 0 Å². The second kappa shape index (κ2) is 6.79. The standard InChI is InChI=1S/C13H16Cl2N2O2S2/c14-9-5-6-11(15)12(7-9)21(18,19)17(8-13(16)20)10-3-1-2-4-10/h5-7,10H,1-4,8H2,(H2,16,20). The van der Waals surface area contributed by atoms with Crippen molar-refractivity contribution in [3.63, 3.8) is 0 Å². The summed E-state index contributed by atoms with van der Waals surface area (Å²) in [5.74, 6) is 0. The molecule has 0 saturated heterocycles. The third-order valence-corrected chi connectivity index (χ3v) is 6.27. The maximum Gasteiger partial charge on any atom is 0.245 e. The zero-order chi connectivity index (χ0) is 15.6. The van der Waals surface area contributed by atoms with Gasteiger partial charge in [-0.15, -0.1) is 0 Å². The van der Waals surface area contributed by atoms with E-state index in [1.807, 2.05) is 0 Å². The number of rotatable bonds is 5. The van der Waals surface area contributed by atoms with Crippen molar-refractivity contribution in [1.29, 1.82) is 0 Å². The Bertz CT molecular complexity index is 644. The van der Waals surface area contributed by atoms with Gasteiger partial charge in [-0.05, 0) is 31.0 Å². The minimum absolute atomic E-state index is 0.000170. The first-order valence-corrected chi connectivity index (χ1v) is 9.18. The molecule has 0 atom stereocenters. The van der Waals surface area contributed by atoms with Crippen LogP contribution in [0, 0.1) is 0 Å². The van der Waals surface area contributed by atoms with Gasteiger partial charge in [0.15, 0.2) is 0 Å². The van der Waals surface area contributed by atoms with Gasteiger partial charge in [0.2, 0.25) is 10.0 Å². The summed E-state index contributed by atoms with van der Waals surface area (Å²) in [6, 6.07) is 4.30. The highest BCUT2D eigenvalue weighted by Gasteiger charge is 2.34. The van der Waals surface area contributed by atoms with Gasteiger partial charge in [0.25, 0.3) is 0 Å². The molecule has 1 fully saturated rings. The van der Waals surface area contributed by atoms with Crippen molar-refractivity contribution in [2.45, 2.75) is 36.6 Å². The van der Waals surface area contributed by atoms with Crippen LogP contribution in [0.1, 0.15) is 25.7 Å². The second-order valence-electron chi connectivity index (χ2n) is 5.03. The number of thiocarbonyl (C=S) groups is 1. The van der Waals surface area contributed by atoms with Crippen molar-refractivity contribution in [2.24, 2.45) is 5.73 Å². The van der Waals surface area contributed by atoms with Gasteiger partial charge in [-0.2, -0.15) is 4.31 Å². The summed E-state index contributed by atoms with van der Waals surface area (Å²) in [4.78, 5) is 0.142.